The molecule has 0 spiro atoms. The quantitative estimate of drug-likeness (QED) is 0.602. The molecular weight excluding hydrogens is 419 g/mol. The number of hydrogen-bond acceptors (Lipinski definition) is 7. The lowest BCUT2D eigenvalue weighted by molar-refractivity contribution is -0.117. The molecule has 0 heterocycles. The number of esters is 1. The highest BCUT2D eigenvalue weighted by Crippen LogP contribution is 2.33. The Balaban J connectivity index is 2.27. The third kappa shape index (κ3) is 5.24. The number of carbonyl (C=O) groups is 2. The molecule has 0 aliphatic carbocycles. The van der Waals surface area contributed by atoms with E-state index in [9.17, 15) is 22.4 Å². The zero-order valence-corrected chi connectivity index (χ0v) is 17.5. The molecule has 0 bridgehead atoms. The summed E-state index contributed by atoms with van der Waals surface area (Å²) in [5.41, 5.74) is 0.0226. The van der Waals surface area contributed by atoms with Crippen LogP contribution < -0.4 is 19.5 Å². The Bertz CT molecular complexity index is 1040. The van der Waals surface area contributed by atoms with Crippen LogP contribution in [0.1, 0.15) is 17.3 Å². The van der Waals surface area contributed by atoms with Crippen molar-refractivity contribution < 1.29 is 36.6 Å². The van der Waals surface area contributed by atoms with Crippen molar-refractivity contribution in [1.29, 1.82) is 0 Å². The fourth-order valence-corrected chi connectivity index (χ4v) is 3.67. The van der Waals surface area contributed by atoms with Gasteiger partial charge in [0.15, 0.2) is 11.5 Å². The number of rotatable bonds is 8. The number of nitrogens with one attached hydrogen (secondary N) is 2. The predicted molar refractivity (Wildman–Crippen MR) is 106 cm³/mol. The van der Waals surface area contributed by atoms with Crippen LogP contribution in [0.3, 0.4) is 0 Å². The molecule has 0 aliphatic heterocycles. The van der Waals surface area contributed by atoms with Crippen molar-refractivity contribution in [3.63, 3.8) is 0 Å². The van der Waals surface area contributed by atoms with Gasteiger partial charge in [0.25, 0.3) is 0 Å². The van der Waals surface area contributed by atoms with Crippen LogP contribution in [-0.4, -0.2) is 47.7 Å². The van der Waals surface area contributed by atoms with E-state index >= 15 is 0 Å². The fraction of sp³-hybridized carbons (Fsp3) is 0.263. The van der Waals surface area contributed by atoms with Crippen LogP contribution in [0.4, 0.5) is 10.1 Å². The molecule has 0 radical (unpaired) electrons. The summed E-state index contributed by atoms with van der Waals surface area (Å²) >= 11 is 0. The van der Waals surface area contributed by atoms with Gasteiger partial charge in [0.2, 0.25) is 15.9 Å². The molecule has 0 aliphatic rings. The van der Waals surface area contributed by atoms with E-state index in [2.05, 4.69) is 10.0 Å². The highest BCUT2D eigenvalue weighted by Gasteiger charge is 2.25. The minimum atomic E-state index is -4.08. The first-order chi connectivity index (χ1) is 14.1. The minimum absolute atomic E-state index is 0.0166. The number of benzene rings is 2. The molecule has 0 fully saturated rings. The minimum Gasteiger partial charge on any atom is -0.493 e. The van der Waals surface area contributed by atoms with Crippen LogP contribution in [-0.2, 0) is 19.6 Å². The summed E-state index contributed by atoms with van der Waals surface area (Å²) in [4.78, 5) is 24.4. The Kier molecular flexibility index (Phi) is 7.35. The number of halogens is 1. The van der Waals surface area contributed by atoms with E-state index in [1.54, 1.807) is 0 Å². The van der Waals surface area contributed by atoms with Crippen LogP contribution in [0.2, 0.25) is 0 Å². The first-order valence-corrected chi connectivity index (χ1v) is 10.0. The lowest BCUT2D eigenvalue weighted by Gasteiger charge is -2.17. The summed E-state index contributed by atoms with van der Waals surface area (Å²) in [5.74, 6) is -1.62. The number of sulfonamides is 1. The molecule has 2 aromatic rings. The first-order valence-electron chi connectivity index (χ1n) is 8.56. The standard InChI is InChI=1S/C19H21FN2O7S/c1-11(22-30(25,26)13-7-5-12(20)6-8-13)18(23)21-15-10-17(28-3)16(27-2)9-14(15)19(24)29-4/h5-11,22H,1-4H3,(H,21,23)/t11-/m0/s1. The molecule has 0 saturated carbocycles. The van der Waals surface area contributed by atoms with Gasteiger partial charge in [-0.25, -0.2) is 17.6 Å². The smallest absolute Gasteiger partial charge is 0.340 e. The topological polar surface area (TPSA) is 120 Å². The largest absolute Gasteiger partial charge is 0.493 e. The molecule has 30 heavy (non-hydrogen) atoms. The third-order valence-electron chi connectivity index (χ3n) is 4.04. The molecule has 162 valence electrons. The molecule has 2 rings (SSSR count). The number of carbonyl (C=O) groups excluding carboxylic acids is 2. The molecule has 9 nitrogen and oxygen atoms in total. The lowest BCUT2D eigenvalue weighted by atomic mass is 10.1. The van der Waals surface area contributed by atoms with E-state index in [4.69, 9.17) is 14.2 Å². The molecular formula is C19H21FN2O7S. The van der Waals surface area contributed by atoms with Gasteiger partial charge in [-0.15, -0.1) is 0 Å². The Hall–Kier alpha value is -3.18. The Morgan fingerprint density at radius 3 is 2.10 bits per heavy atom. The Morgan fingerprint density at radius 1 is 1.00 bits per heavy atom. The van der Waals surface area contributed by atoms with Gasteiger partial charge in [0, 0.05) is 12.1 Å². The summed E-state index contributed by atoms with van der Waals surface area (Å²) in [6, 6.07) is 5.59. The number of hydrogen-bond donors (Lipinski definition) is 2. The van der Waals surface area contributed by atoms with Crippen LogP contribution in [0, 0.1) is 5.82 Å². The fourth-order valence-electron chi connectivity index (χ4n) is 2.47. The number of methoxy groups -OCH3 is 3. The van der Waals surface area contributed by atoms with Gasteiger partial charge < -0.3 is 19.5 Å². The van der Waals surface area contributed by atoms with Crippen LogP contribution in [0.5, 0.6) is 11.5 Å². The summed E-state index contributed by atoms with van der Waals surface area (Å²) in [7, 11) is -0.157. The molecule has 2 aromatic carbocycles. The van der Waals surface area contributed by atoms with Crippen molar-refractivity contribution >= 4 is 27.6 Å². The van der Waals surface area contributed by atoms with Crippen molar-refractivity contribution in [2.45, 2.75) is 17.9 Å². The highest BCUT2D eigenvalue weighted by atomic mass is 32.2. The lowest BCUT2D eigenvalue weighted by Crippen LogP contribution is -2.41. The molecule has 1 atom stereocenters. The molecule has 1 amide bonds. The maximum atomic E-state index is 13.0. The predicted octanol–water partition coefficient (Wildman–Crippen LogP) is 1.93. The Morgan fingerprint density at radius 2 is 1.57 bits per heavy atom. The zero-order chi connectivity index (χ0) is 22.5. The summed E-state index contributed by atoms with van der Waals surface area (Å²) in [6.07, 6.45) is 0. The molecule has 0 unspecified atom stereocenters. The van der Waals surface area contributed by atoms with E-state index in [0.717, 1.165) is 24.3 Å². The molecule has 2 N–H and O–H groups in total. The molecule has 0 aromatic heterocycles. The van der Waals surface area contributed by atoms with Crippen LogP contribution in [0.15, 0.2) is 41.3 Å². The summed E-state index contributed by atoms with van der Waals surface area (Å²) in [6.45, 7) is 1.31. The van der Waals surface area contributed by atoms with Gasteiger partial charge in [-0.2, -0.15) is 4.72 Å². The van der Waals surface area contributed by atoms with Gasteiger partial charge in [0.1, 0.15) is 5.82 Å². The average Bonchev–Trinajstić information content (AvgIpc) is 2.72. The third-order valence-corrected chi connectivity index (χ3v) is 5.59. The van der Waals surface area contributed by atoms with E-state index in [0.29, 0.717) is 0 Å². The van der Waals surface area contributed by atoms with Crippen LogP contribution in [0.25, 0.3) is 0 Å². The van der Waals surface area contributed by atoms with E-state index in [1.807, 2.05) is 0 Å². The normalized spacial score (nSPS) is 12.0. The first kappa shape index (κ1) is 23.1. The van der Waals surface area contributed by atoms with Crippen molar-refractivity contribution in [2.24, 2.45) is 0 Å². The average molecular weight is 440 g/mol. The summed E-state index contributed by atoms with van der Waals surface area (Å²) < 4.78 is 55.0. The second-order valence-corrected chi connectivity index (χ2v) is 7.74. The maximum Gasteiger partial charge on any atom is 0.340 e. The monoisotopic (exact) mass is 440 g/mol. The van der Waals surface area contributed by atoms with E-state index < -0.39 is 33.8 Å². The van der Waals surface area contributed by atoms with Gasteiger partial charge in [-0.05, 0) is 31.2 Å². The SMILES string of the molecule is COC(=O)c1cc(OC)c(OC)cc1NC(=O)[C@H](C)NS(=O)(=O)c1ccc(F)cc1. The highest BCUT2D eigenvalue weighted by molar-refractivity contribution is 7.89. The van der Waals surface area contributed by atoms with Crippen molar-refractivity contribution in [3.8, 4) is 11.5 Å². The second-order valence-electron chi connectivity index (χ2n) is 6.03. The van der Waals surface area contributed by atoms with Gasteiger partial charge in [-0.1, -0.05) is 0 Å². The van der Waals surface area contributed by atoms with Crippen molar-refractivity contribution in [2.75, 3.05) is 26.6 Å². The number of anilines is 1. The molecule has 11 heteroatoms. The van der Waals surface area contributed by atoms with E-state index in [-0.39, 0.29) is 27.6 Å². The maximum absolute atomic E-state index is 13.0. The zero-order valence-electron chi connectivity index (χ0n) is 16.7. The Labute approximate surface area is 173 Å². The van der Waals surface area contributed by atoms with Crippen molar-refractivity contribution in [1.82, 2.24) is 4.72 Å². The van der Waals surface area contributed by atoms with Gasteiger partial charge >= 0.3 is 5.97 Å². The van der Waals surface area contributed by atoms with Gasteiger partial charge in [0.05, 0.1) is 43.5 Å². The van der Waals surface area contributed by atoms with E-state index in [1.165, 1.54) is 40.4 Å². The summed E-state index contributed by atoms with van der Waals surface area (Å²) in [5, 5.41) is 2.47. The number of amides is 1. The number of ether oxygens (including phenoxy) is 3. The van der Waals surface area contributed by atoms with Gasteiger partial charge in [-0.3, -0.25) is 4.79 Å². The molecule has 0 saturated heterocycles. The second kappa shape index (κ2) is 9.55. The van der Waals surface area contributed by atoms with Crippen molar-refractivity contribution in [3.05, 3.63) is 47.8 Å². The van der Waals surface area contributed by atoms with Crippen LogP contribution >= 0.6 is 0 Å².